The van der Waals surface area contributed by atoms with Crippen molar-refractivity contribution in [1.82, 2.24) is 9.88 Å². The molecule has 0 aliphatic carbocycles. The Morgan fingerprint density at radius 2 is 2.09 bits per heavy atom. The van der Waals surface area contributed by atoms with Gasteiger partial charge < -0.3 is 14.3 Å². The van der Waals surface area contributed by atoms with Crippen molar-refractivity contribution in [3.63, 3.8) is 0 Å². The van der Waals surface area contributed by atoms with E-state index in [2.05, 4.69) is 4.98 Å². The van der Waals surface area contributed by atoms with Gasteiger partial charge in [-0.05, 0) is 42.6 Å². The number of carbonyl (C=O) groups is 1. The predicted octanol–water partition coefficient (Wildman–Crippen LogP) is 3.53. The Hall–Kier alpha value is -2.60. The van der Waals surface area contributed by atoms with Crippen molar-refractivity contribution in [3.8, 4) is 11.5 Å². The molecule has 0 radical (unpaired) electrons. The van der Waals surface area contributed by atoms with E-state index < -0.39 is 5.56 Å². The van der Waals surface area contributed by atoms with Crippen molar-refractivity contribution < 1.29 is 9.21 Å². The molecule has 5 nitrogen and oxygen atoms in total. The number of thiophene rings is 1. The lowest BCUT2D eigenvalue weighted by Crippen LogP contribution is -2.33. The van der Waals surface area contributed by atoms with E-state index in [9.17, 15) is 9.59 Å². The number of hydrogen-bond acceptors (Lipinski definition) is 4. The van der Waals surface area contributed by atoms with Gasteiger partial charge in [-0.15, -0.1) is 11.3 Å². The molecule has 3 aromatic rings. The molecule has 0 aliphatic rings. The number of aromatic amines is 1. The minimum absolute atomic E-state index is 0.0911. The van der Waals surface area contributed by atoms with E-state index in [4.69, 9.17) is 4.42 Å². The van der Waals surface area contributed by atoms with E-state index in [1.807, 2.05) is 24.4 Å². The fourth-order valence-electron chi connectivity index (χ4n) is 2.30. The first-order valence-corrected chi connectivity index (χ1v) is 8.03. The van der Waals surface area contributed by atoms with E-state index in [1.54, 1.807) is 41.5 Å². The summed E-state index contributed by atoms with van der Waals surface area (Å²) >= 11 is 1.58. The van der Waals surface area contributed by atoms with E-state index in [0.717, 1.165) is 4.88 Å². The summed E-state index contributed by atoms with van der Waals surface area (Å²) in [6, 6.07) is 10.5. The second-order valence-electron chi connectivity index (χ2n) is 5.20. The first kappa shape index (κ1) is 15.3. The van der Waals surface area contributed by atoms with Crippen molar-refractivity contribution in [3.05, 3.63) is 68.8 Å². The molecule has 0 aliphatic heterocycles. The Labute approximate surface area is 137 Å². The van der Waals surface area contributed by atoms with Crippen molar-refractivity contribution in [2.24, 2.45) is 0 Å². The van der Waals surface area contributed by atoms with Crippen LogP contribution in [0.15, 0.2) is 57.3 Å². The lowest BCUT2D eigenvalue weighted by atomic mass is 10.1. The normalized spacial score (nSPS) is 12.1. The molecule has 0 spiro atoms. The number of pyridine rings is 1. The monoisotopic (exact) mass is 328 g/mol. The topological polar surface area (TPSA) is 66.3 Å². The molecule has 1 amide bonds. The molecule has 0 saturated heterocycles. The van der Waals surface area contributed by atoms with Crippen LogP contribution in [0.2, 0.25) is 0 Å². The van der Waals surface area contributed by atoms with Gasteiger partial charge >= 0.3 is 0 Å². The minimum Gasteiger partial charge on any atom is -0.463 e. The number of nitrogens with one attached hydrogen (secondary N) is 1. The number of furan rings is 1. The van der Waals surface area contributed by atoms with Crippen LogP contribution in [0.3, 0.4) is 0 Å². The Bertz CT molecular complexity index is 850. The van der Waals surface area contributed by atoms with Crippen LogP contribution in [0.1, 0.15) is 28.2 Å². The highest BCUT2D eigenvalue weighted by Crippen LogP contribution is 2.24. The molecule has 6 heteroatoms. The molecule has 3 rings (SSSR count). The second kappa shape index (κ2) is 6.26. The number of H-pyrrole nitrogens is 1. The van der Waals surface area contributed by atoms with Crippen LogP contribution in [0.25, 0.3) is 11.5 Å². The minimum atomic E-state index is -0.422. The Morgan fingerprint density at radius 3 is 2.70 bits per heavy atom. The number of rotatable bonds is 4. The van der Waals surface area contributed by atoms with Crippen LogP contribution in [-0.2, 0) is 0 Å². The SMILES string of the molecule is C[C@H](c1cccs1)N(C)C(=O)c1ccc(-c2ccco2)[nH]c1=O. The number of amides is 1. The first-order valence-electron chi connectivity index (χ1n) is 7.15. The zero-order chi connectivity index (χ0) is 16.4. The fourth-order valence-corrected chi connectivity index (χ4v) is 3.13. The Balaban J connectivity index is 1.86. The van der Waals surface area contributed by atoms with Crippen molar-refractivity contribution in [1.29, 1.82) is 0 Å². The standard InChI is InChI=1S/C17H16N2O3S/c1-11(15-6-4-10-23-15)19(2)17(21)12-7-8-13(18-16(12)20)14-5-3-9-22-14/h3-11H,1-2H3,(H,18,20)/t11-/m1/s1. The van der Waals surface area contributed by atoms with E-state index in [0.29, 0.717) is 11.5 Å². The third-order valence-corrected chi connectivity index (χ3v) is 4.83. The van der Waals surface area contributed by atoms with Gasteiger partial charge in [0.1, 0.15) is 11.3 Å². The predicted molar refractivity (Wildman–Crippen MR) is 89.6 cm³/mol. The molecule has 0 unspecified atom stereocenters. The van der Waals surface area contributed by atoms with Crippen LogP contribution in [-0.4, -0.2) is 22.8 Å². The molecule has 3 heterocycles. The maximum atomic E-state index is 12.6. The van der Waals surface area contributed by atoms with Crippen LogP contribution < -0.4 is 5.56 Å². The average Bonchev–Trinajstić information content (AvgIpc) is 3.25. The van der Waals surface area contributed by atoms with Crippen LogP contribution in [0.4, 0.5) is 0 Å². The quantitative estimate of drug-likeness (QED) is 0.797. The summed E-state index contributed by atoms with van der Waals surface area (Å²) in [6.07, 6.45) is 1.53. The van der Waals surface area contributed by atoms with Crippen molar-refractivity contribution >= 4 is 17.2 Å². The maximum Gasteiger partial charge on any atom is 0.261 e. The maximum absolute atomic E-state index is 12.6. The summed E-state index contributed by atoms with van der Waals surface area (Å²) in [4.78, 5) is 30.2. The third kappa shape index (κ3) is 2.98. The van der Waals surface area contributed by atoms with E-state index >= 15 is 0 Å². The number of carbonyl (C=O) groups excluding carboxylic acids is 1. The summed E-state index contributed by atoms with van der Waals surface area (Å²) < 4.78 is 5.25. The van der Waals surface area contributed by atoms with Gasteiger partial charge in [0.05, 0.1) is 18.0 Å². The number of hydrogen-bond donors (Lipinski definition) is 1. The molecule has 0 fully saturated rings. The fraction of sp³-hybridized carbons (Fsp3) is 0.176. The van der Waals surface area contributed by atoms with Gasteiger partial charge in [0, 0.05) is 11.9 Å². The van der Waals surface area contributed by atoms with E-state index in [-0.39, 0.29) is 17.5 Å². The molecule has 0 aromatic carbocycles. The summed E-state index contributed by atoms with van der Waals surface area (Å²) in [5, 5.41) is 1.97. The van der Waals surface area contributed by atoms with Gasteiger partial charge in [0.25, 0.3) is 11.5 Å². The van der Waals surface area contributed by atoms with Crippen LogP contribution in [0.5, 0.6) is 0 Å². The molecule has 1 atom stereocenters. The molecule has 0 bridgehead atoms. The Morgan fingerprint density at radius 1 is 1.26 bits per heavy atom. The molecule has 23 heavy (non-hydrogen) atoms. The van der Waals surface area contributed by atoms with Crippen LogP contribution in [0, 0.1) is 0 Å². The highest BCUT2D eigenvalue weighted by Gasteiger charge is 2.22. The molecule has 118 valence electrons. The molecular weight excluding hydrogens is 312 g/mol. The number of nitrogens with zero attached hydrogens (tertiary/aromatic N) is 1. The van der Waals surface area contributed by atoms with Crippen LogP contribution >= 0.6 is 11.3 Å². The highest BCUT2D eigenvalue weighted by atomic mass is 32.1. The summed E-state index contributed by atoms with van der Waals surface area (Å²) in [7, 11) is 1.70. The molecule has 0 saturated carbocycles. The smallest absolute Gasteiger partial charge is 0.261 e. The molecular formula is C17H16N2O3S. The summed E-state index contributed by atoms with van der Waals surface area (Å²) in [6.45, 7) is 1.94. The summed E-state index contributed by atoms with van der Waals surface area (Å²) in [5.74, 6) is 0.250. The second-order valence-corrected chi connectivity index (χ2v) is 6.18. The lowest BCUT2D eigenvalue weighted by molar-refractivity contribution is 0.0743. The zero-order valence-electron chi connectivity index (χ0n) is 12.8. The van der Waals surface area contributed by atoms with Gasteiger partial charge in [-0.25, -0.2) is 0 Å². The van der Waals surface area contributed by atoms with E-state index in [1.165, 1.54) is 12.3 Å². The van der Waals surface area contributed by atoms with Gasteiger partial charge in [-0.1, -0.05) is 6.07 Å². The molecule has 3 aromatic heterocycles. The highest BCUT2D eigenvalue weighted by molar-refractivity contribution is 7.10. The van der Waals surface area contributed by atoms with Gasteiger partial charge in [0.2, 0.25) is 0 Å². The van der Waals surface area contributed by atoms with Gasteiger partial charge in [-0.2, -0.15) is 0 Å². The lowest BCUT2D eigenvalue weighted by Gasteiger charge is -2.23. The Kier molecular flexibility index (Phi) is 4.16. The average molecular weight is 328 g/mol. The van der Waals surface area contributed by atoms with Crippen molar-refractivity contribution in [2.75, 3.05) is 7.05 Å². The zero-order valence-corrected chi connectivity index (χ0v) is 13.6. The van der Waals surface area contributed by atoms with Gasteiger partial charge in [0.15, 0.2) is 0 Å². The molecule has 1 N–H and O–H groups in total. The summed E-state index contributed by atoms with van der Waals surface area (Å²) in [5.41, 5.74) is 0.242. The number of aromatic nitrogens is 1. The van der Waals surface area contributed by atoms with Gasteiger partial charge in [-0.3, -0.25) is 9.59 Å². The van der Waals surface area contributed by atoms with Crippen molar-refractivity contribution in [2.45, 2.75) is 13.0 Å². The largest absolute Gasteiger partial charge is 0.463 e. The third-order valence-electron chi connectivity index (χ3n) is 3.78. The first-order chi connectivity index (χ1) is 11.1.